The molecule has 0 saturated carbocycles. The summed E-state index contributed by atoms with van der Waals surface area (Å²) in [4.78, 5) is 4.97. The third-order valence-electron chi connectivity index (χ3n) is 1.81. The Morgan fingerprint density at radius 2 is 2.18 bits per heavy atom. The van der Waals surface area contributed by atoms with Gasteiger partial charge >= 0.3 is 0 Å². The number of nitrogens with zero attached hydrogens (tertiary/aromatic N) is 1. The van der Waals surface area contributed by atoms with Crippen molar-refractivity contribution in [1.29, 1.82) is 0 Å². The van der Waals surface area contributed by atoms with Gasteiger partial charge in [-0.3, -0.25) is 0 Å². The van der Waals surface area contributed by atoms with Crippen molar-refractivity contribution in [3.8, 4) is 0 Å². The molecule has 2 rings (SSSR count). The number of nitrogens with one attached hydrogen (secondary N) is 1. The molecule has 2 aromatic heterocycles. The maximum atomic E-state index is 11.0. The summed E-state index contributed by atoms with van der Waals surface area (Å²) < 4.78 is 22.8. The van der Waals surface area contributed by atoms with E-state index in [0.29, 0.717) is 16.0 Å². The van der Waals surface area contributed by atoms with Gasteiger partial charge in [-0.15, -0.1) is 11.3 Å². The molecular weight excluding hydrogens is 302 g/mol. The van der Waals surface area contributed by atoms with E-state index in [1.54, 1.807) is 6.07 Å². The van der Waals surface area contributed by atoms with Gasteiger partial charge in [0.2, 0.25) is 10.0 Å². The number of anilines is 1. The first-order valence-electron chi connectivity index (χ1n) is 4.42. The predicted octanol–water partition coefficient (Wildman–Crippen LogP) is 2.12. The predicted molar refractivity (Wildman–Crippen MR) is 70.1 cm³/mol. The van der Waals surface area contributed by atoms with Gasteiger partial charge in [0.05, 0.1) is 17.1 Å². The zero-order chi connectivity index (χ0) is 12.5. The van der Waals surface area contributed by atoms with Crippen molar-refractivity contribution in [3.05, 3.63) is 27.5 Å². The van der Waals surface area contributed by atoms with Crippen molar-refractivity contribution in [2.45, 2.75) is 10.8 Å². The number of hydrogen-bond donors (Lipinski definition) is 2. The second-order valence-electron chi connectivity index (χ2n) is 3.09. The van der Waals surface area contributed by atoms with Crippen LogP contribution in [-0.2, 0) is 16.6 Å². The summed E-state index contributed by atoms with van der Waals surface area (Å²) in [6.07, 6.45) is 1.24. The van der Waals surface area contributed by atoms with Crippen molar-refractivity contribution in [1.82, 2.24) is 4.98 Å². The first-order chi connectivity index (χ1) is 7.95. The van der Waals surface area contributed by atoms with Crippen LogP contribution in [0.1, 0.15) is 4.88 Å². The Hall–Kier alpha value is -0.670. The molecule has 0 radical (unpaired) electrons. The Labute approximate surface area is 111 Å². The lowest BCUT2D eigenvalue weighted by molar-refractivity contribution is 0.599. The molecule has 2 heterocycles. The number of sulfonamides is 1. The van der Waals surface area contributed by atoms with Gasteiger partial charge in [0.15, 0.2) is 9.34 Å². The van der Waals surface area contributed by atoms with Crippen LogP contribution in [0.2, 0.25) is 4.34 Å². The van der Waals surface area contributed by atoms with Gasteiger partial charge in [0, 0.05) is 4.88 Å². The minimum Gasteiger partial charge on any atom is -0.357 e. The minimum absolute atomic E-state index is 0.0456. The summed E-state index contributed by atoms with van der Waals surface area (Å²) in [5.74, 6) is 0. The third-order valence-corrected chi connectivity index (χ3v) is 5.40. The fourth-order valence-corrected chi connectivity index (χ4v) is 3.56. The van der Waals surface area contributed by atoms with E-state index in [9.17, 15) is 8.42 Å². The van der Waals surface area contributed by atoms with Gasteiger partial charge in [-0.2, -0.15) is 0 Å². The monoisotopic (exact) mass is 309 g/mol. The number of thiazole rings is 1. The van der Waals surface area contributed by atoms with Crippen LogP contribution in [0.4, 0.5) is 5.13 Å². The first kappa shape index (κ1) is 12.8. The largest absolute Gasteiger partial charge is 0.357 e. The van der Waals surface area contributed by atoms with E-state index in [0.717, 1.165) is 16.2 Å². The number of thiophene rings is 1. The average Bonchev–Trinajstić information content (AvgIpc) is 2.82. The van der Waals surface area contributed by atoms with E-state index in [1.807, 2.05) is 6.07 Å². The number of primary sulfonamides is 1. The summed E-state index contributed by atoms with van der Waals surface area (Å²) in [6, 6.07) is 3.70. The van der Waals surface area contributed by atoms with Crippen molar-refractivity contribution in [2.24, 2.45) is 5.14 Å². The highest BCUT2D eigenvalue weighted by atomic mass is 35.5. The summed E-state index contributed by atoms with van der Waals surface area (Å²) in [5, 5.41) is 8.50. The zero-order valence-corrected chi connectivity index (χ0v) is 11.6. The Kier molecular flexibility index (Phi) is 3.69. The zero-order valence-electron chi connectivity index (χ0n) is 8.38. The smallest absolute Gasteiger partial charge is 0.249 e. The SMILES string of the molecule is NS(=O)(=O)c1cnc(NCc2ccc(Cl)s2)s1. The highest BCUT2D eigenvalue weighted by Gasteiger charge is 2.12. The molecule has 0 aliphatic heterocycles. The Morgan fingerprint density at radius 1 is 1.41 bits per heavy atom. The van der Waals surface area contributed by atoms with E-state index < -0.39 is 10.0 Å². The van der Waals surface area contributed by atoms with Gasteiger partial charge in [0.1, 0.15) is 0 Å². The van der Waals surface area contributed by atoms with Crippen LogP contribution in [0.5, 0.6) is 0 Å². The molecule has 0 atom stereocenters. The van der Waals surface area contributed by atoms with E-state index in [4.69, 9.17) is 16.7 Å². The van der Waals surface area contributed by atoms with Gasteiger partial charge in [-0.05, 0) is 12.1 Å². The quantitative estimate of drug-likeness (QED) is 0.906. The molecule has 0 fully saturated rings. The molecule has 0 aliphatic carbocycles. The number of hydrogen-bond acceptors (Lipinski definition) is 6. The molecule has 0 aromatic carbocycles. The van der Waals surface area contributed by atoms with Crippen LogP contribution in [0, 0.1) is 0 Å². The summed E-state index contributed by atoms with van der Waals surface area (Å²) in [5.41, 5.74) is 0. The van der Waals surface area contributed by atoms with Crippen LogP contribution in [-0.4, -0.2) is 13.4 Å². The van der Waals surface area contributed by atoms with Gasteiger partial charge in [-0.1, -0.05) is 22.9 Å². The van der Waals surface area contributed by atoms with E-state index in [1.165, 1.54) is 17.5 Å². The van der Waals surface area contributed by atoms with Crippen LogP contribution in [0.25, 0.3) is 0 Å². The summed E-state index contributed by atoms with van der Waals surface area (Å²) >= 11 is 8.25. The molecule has 92 valence electrons. The number of rotatable bonds is 4. The second-order valence-corrected chi connectivity index (χ2v) is 7.71. The van der Waals surface area contributed by atoms with Crippen LogP contribution in [0.3, 0.4) is 0 Å². The van der Waals surface area contributed by atoms with E-state index >= 15 is 0 Å². The number of aromatic nitrogens is 1. The highest BCUT2D eigenvalue weighted by Crippen LogP contribution is 2.25. The third kappa shape index (κ3) is 3.39. The Morgan fingerprint density at radius 3 is 2.71 bits per heavy atom. The van der Waals surface area contributed by atoms with E-state index in [2.05, 4.69) is 10.3 Å². The molecule has 0 bridgehead atoms. The first-order valence-corrected chi connectivity index (χ1v) is 7.97. The maximum Gasteiger partial charge on any atom is 0.249 e. The lowest BCUT2D eigenvalue weighted by Gasteiger charge is -1.98. The molecule has 5 nitrogen and oxygen atoms in total. The average molecular weight is 310 g/mol. The summed E-state index contributed by atoms with van der Waals surface area (Å²) in [6.45, 7) is 0.551. The molecule has 9 heteroatoms. The van der Waals surface area contributed by atoms with Crippen molar-refractivity contribution in [2.75, 3.05) is 5.32 Å². The molecule has 0 saturated heterocycles. The second kappa shape index (κ2) is 4.91. The van der Waals surface area contributed by atoms with Crippen molar-refractivity contribution < 1.29 is 8.42 Å². The molecule has 2 aromatic rings. The van der Waals surface area contributed by atoms with Crippen LogP contribution < -0.4 is 10.5 Å². The van der Waals surface area contributed by atoms with Crippen LogP contribution in [0.15, 0.2) is 22.5 Å². The fraction of sp³-hybridized carbons (Fsp3) is 0.125. The minimum atomic E-state index is -3.66. The molecular formula is C8H8ClN3O2S3. The number of nitrogens with two attached hydrogens (primary N) is 1. The molecule has 0 aliphatic rings. The normalized spacial score (nSPS) is 11.6. The van der Waals surface area contributed by atoms with Crippen molar-refractivity contribution >= 4 is 49.4 Å². The molecule has 17 heavy (non-hydrogen) atoms. The lowest BCUT2D eigenvalue weighted by Crippen LogP contribution is -2.09. The standard InChI is InChI=1S/C8H8ClN3O2S3/c9-6-2-1-5(15-6)3-11-8-12-4-7(16-8)17(10,13)14/h1-2,4H,3H2,(H,11,12)(H2,10,13,14). The Balaban J connectivity index is 2.03. The van der Waals surface area contributed by atoms with E-state index in [-0.39, 0.29) is 4.21 Å². The Bertz CT molecular complexity index is 620. The maximum absolute atomic E-state index is 11.0. The lowest BCUT2D eigenvalue weighted by atomic mass is 10.5. The van der Waals surface area contributed by atoms with Crippen molar-refractivity contribution in [3.63, 3.8) is 0 Å². The van der Waals surface area contributed by atoms with Gasteiger partial charge in [0.25, 0.3) is 0 Å². The fourth-order valence-electron chi connectivity index (χ4n) is 1.08. The summed E-state index contributed by atoms with van der Waals surface area (Å²) in [7, 11) is -3.66. The topological polar surface area (TPSA) is 85.1 Å². The molecule has 0 spiro atoms. The highest BCUT2D eigenvalue weighted by molar-refractivity contribution is 7.91. The molecule has 0 unspecified atom stereocenters. The number of halogens is 1. The molecule has 3 N–H and O–H groups in total. The van der Waals surface area contributed by atoms with Gasteiger partial charge in [-0.25, -0.2) is 18.5 Å². The molecule has 0 amide bonds. The van der Waals surface area contributed by atoms with Crippen LogP contribution >= 0.6 is 34.3 Å². The van der Waals surface area contributed by atoms with Gasteiger partial charge < -0.3 is 5.32 Å².